The maximum absolute atomic E-state index is 12.0. The Morgan fingerprint density at radius 2 is 2.13 bits per heavy atom. The van der Waals surface area contributed by atoms with Gasteiger partial charge in [0.2, 0.25) is 0 Å². The number of benzene rings is 1. The van der Waals surface area contributed by atoms with Crippen molar-refractivity contribution < 1.29 is 14.6 Å². The minimum atomic E-state index is -0.535. The smallest absolute Gasteiger partial charge is 0.410 e. The Hall–Kier alpha value is -1.59. The number of aryl methyl sites for hydroxylation is 1. The lowest BCUT2D eigenvalue weighted by atomic mass is 10.0. The van der Waals surface area contributed by atoms with E-state index in [1.807, 2.05) is 52.0 Å². The fourth-order valence-electron chi connectivity index (χ4n) is 2.77. The Morgan fingerprint density at radius 1 is 1.43 bits per heavy atom. The highest BCUT2D eigenvalue weighted by atomic mass is 16.6. The molecule has 0 radical (unpaired) electrons. The molecule has 5 heteroatoms. The predicted octanol–water partition coefficient (Wildman–Crippen LogP) is 2.63. The summed E-state index contributed by atoms with van der Waals surface area (Å²) in [6.07, 6.45) is 0.0766. The van der Waals surface area contributed by atoms with Crippen LogP contribution in [-0.2, 0) is 4.74 Å². The van der Waals surface area contributed by atoms with Crippen LogP contribution < -0.4 is 5.32 Å². The Balaban J connectivity index is 1.80. The molecular formula is C18H28N2O3. The van der Waals surface area contributed by atoms with Crippen molar-refractivity contribution in [1.29, 1.82) is 0 Å². The molecule has 1 heterocycles. The first kappa shape index (κ1) is 17.8. The van der Waals surface area contributed by atoms with Crippen LogP contribution in [-0.4, -0.2) is 47.4 Å². The van der Waals surface area contributed by atoms with Crippen molar-refractivity contribution in [2.75, 3.05) is 19.6 Å². The molecule has 2 unspecified atom stereocenters. The van der Waals surface area contributed by atoms with E-state index >= 15 is 0 Å². The number of ether oxygens (including phenoxy) is 1. The van der Waals surface area contributed by atoms with E-state index in [2.05, 4.69) is 5.32 Å². The van der Waals surface area contributed by atoms with E-state index in [4.69, 9.17) is 4.74 Å². The number of hydrogen-bond acceptors (Lipinski definition) is 4. The molecule has 0 spiro atoms. The summed E-state index contributed by atoms with van der Waals surface area (Å²) in [4.78, 5) is 13.8. The molecule has 1 amide bonds. The van der Waals surface area contributed by atoms with Crippen molar-refractivity contribution in [3.8, 4) is 0 Å². The number of likely N-dealkylation sites (tertiary alicyclic amines) is 1. The normalized spacial score (nSPS) is 19.7. The molecule has 1 aliphatic rings. The third-order valence-corrected chi connectivity index (χ3v) is 3.99. The standard InChI is InChI=1S/C18H28N2O3/c1-13-7-5-6-8-15(13)16(21)11-19-14-9-10-20(12-14)17(22)23-18(2,3)4/h5-8,14,16,19,21H,9-12H2,1-4H3. The van der Waals surface area contributed by atoms with Crippen LogP contribution in [0.1, 0.15) is 44.4 Å². The van der Waals surface area contributed by atoms with E-state index < -0.39 is 11.7 Å². The highest BCUT2D eigenvalue weighted by molar-refractivity contribution is 5.68. The van der Waals surface area contributed by atoms with Gasteiger partial charge in [-0.3, -0.25) is 0 Å². The lowest BCUT2D eigenvalue weighted by molar-refractivity contribution is 0.0290. The van der Waals surface area contributed by atoms with Gasteiger partial charge in [0.1, 0.15) is 5.60 Å². The summed E-state index contributed by atoms with van der Waals surface area (Å²) in [5.41, 5.74) is 1.56. The molecule has 2 N–H and O–H groups in total. The molecule has 1 aliphatic heterocycles. The molecule has 1 saturated heterocycles. The Bertz CT molecular complexity index is 539. The summed E-state index contributed by atoms with van der Waals surface area (Å²) in [6.45, 7) is 9.40. The van der Waals surface area contributed by atoms with Crippen LogP contribution >= 0.6 is 0 Å². The summed E-state index contributed by atoms with van der Waals surface area (Å²) in [5.74, 6) is 0. The molecule has 1 fully saturated rings. The van der Waals surface area contributed by atoms with Gasteiger partial charge in [-0.2, -0.15) is 0 Å². The molecule has 2 rings (SSSR count). The molecular weight excluding hydrogens is 292 g/mol. The first-order valence-electron chi connectivity index (χ1n) is 8.21. The molecule has 5 nitrogen and oxygen atoms in total. The number of hydrogen-bond donors (Lipinski definition) is 2. The second-order valence-electron chi connectivity index (χ2n) is 7.19. The Kier molecular flexibility index (Phi) is 5.65. The average molecular weight is 320 g/mol. The monoisotopic (exact) mass is 320 g/mol. The second-order valence-corrected chi connectivity index (χ2v) is 7.19. The van der Waals surface area contributed by atoms with Crippen molar-refractivity contribution in [3.63, 3.8) is 0 Å². The summed E-state index contributed by atoms with van der Waals surface area (Å²) in [7, 11) is 0. The first-order chi connectivity index (χ1) is 10.8. The lowest BCUT2D eigenvalue weighted by Gasteiger charge is -2.24. The molecule has 0 aromatic heterocycles. The van der Waals surface area contributed by atoms with Gasteiger partial charge in [-0.1, -0.05) is 24.3 Å². The SMILES string of the molecule is Cc1ccccc1C(O)CNC1CCN(C(=O)OC(C)(C)C)C1. The quantitative estimate of drug-likeness (QED) is 0.895. The minimum Gasteiger partial charge on any atom is -0.444 e. The van der Waals surface area contributed by atoms with Crippen LogP contribution in [0.15, 0.2) is 24.3 Å². The zero-order chi connectivity index (χ0) is 17.0. The van der Waals surface area contributed by atoms with Crippen LogP contribution in [0.5, 0.6) is 0 Å². The van der Waals surface area contributed by atoms with Gasteiger partial charge in [0.25, 0.3) is 0 Å². The van der Waals surface area contributed by atoms with Gasteiger partial charge < -0.3 is 20.1 Å². The molecule has 1 aromatic carbocycles. The minimum absolute atomic E-state index is 0.196. The largest absolute Gasteiger partial charge is 0.444 e. The third-order valence-electron chi connectivity index (χ3n) is 3.99. The van der Waals surface area contributed by atoms with Crippen molar-refractivity contribution in [3.05, 3.63) is 35.4 Å². The van der Waals surface area contributed by atoms with Crippen molar-refractivity contribution in [1.82, 2.24) is 10.2 Å². The van der Waals surface area contributed by atoms with Crippen molar-refractivity contribution >= 4 is 6.09 Å². The van der Waals surface area contributed by atoms with Gasteiger partial charge in [0, 0.05) is 25.7 Å². The van der Waals surface area contributed by atoms with Gasteiger partial charge in [0.05, 0.1) is 6.10 Å². The van der Waals surface area contributed by atoms with E-state index in [0.29, 0.717) is 19.6 Å². The van der Waals surface area contributed by atoms with Gasteiger partial charge in [-0.15, -0.1) is 0 Å². The van der Waals surface area contributed by atoms with E-state index in [1.165, 1.54) is 0 Å². The number of aliphatic hydroxyl groups is 1. The number of nitrogens with one attached hydrogen (secondary N) is 1. The van der Waals surface area contributed by atoms with Crippen LogP contribution in [0.2, 0.25) is 0 Å². The second kappa shape index (κ2) is 7.32. The van der Waals surface area contributed by atoms with Gasteiger partial charge in [0.15, 0.2) is 0 Å². The van der Waals surface area contributed by atoms with Crippen molar-refractivity contribution in [2.24, 2.45) is 0 Å². The molecule has 0 bridgehead atoms. The summed E-state index contributed by atoms with van der Waals surface area (Å²) < 4.78 is 5.39. The van der Waals surface area contributed by atoms with Crippen LogP contribution in [0.25, 0.3) is 0 Å². The third kappa shape index (κ3) is 5.22. The molecule has 0 aliphatic carbocycles. The predicted molar refractivity (Wildman–Crippen MR) is 90.4 cm³/mol. The van der Waals surface area contributed by atoms with E-state index in [-0.39, 0.29) is 12.1 Å². The highest BCUT2D eigenvalue weighted by Gasteiger charge is 2.29. The number of carbonyl (C=O) groups is 1. The van der Waals surface area contributed by atoms with Gasteiger partial charge >= 0.3 is 6.09 Å². The molecule has 2 atom stereocenters. The van der Waals surface area contributed by atoms with E-state index in [0.717, 1.165) is 17.5 Å². The lowest BCUT2D eigenvalue weighted by Crippen LogP contribution is -2.39. The zero-order valence-corrected chi connectivity index (χ0v) is 14.5. The van der Waals surface area contributed by atoms with Gasteiger partial charge in [-0.05, 0) is 45.2 Å². The zero-order valence-electron chi connectivity index (χ0n) is 14.5. The van der Waals surface area contributed by atoms with Crippen LogP contribution in [0.4, 0.5) is 4.79 Å². The Labute approximate surface area is 138 Å². The summed E-state index contributed by atoms with van der Waals surface area (Å²) in [6, 6.07) is 8.04. The first-order valence-corrected chi connectivity index (χ1v) is 8.21. The van der Waals surface area contributed by atoms with E-state index in [1.54, 1.807) is 4.90 Å². The van der Waals surface area contributed by atoms with Crippen LogP contribution in [0, 0.1) is 6.92 Å². The summed E-state index contributed by atoms with van der Waals surface area (Å²) >= 11 is 0. The summed E-state index contributed by atoms with van der Waals surface area (Å²) in [5, 5.41) is 13.7. The number of rotatable bonds is 4. The highest BCUT2D eigenvalue weighted by Crippen LogP contribution is 2.18. The van der Waals surface area contributed by atoms with Gasteiger partial charge in [-0.25, -0.2) is 4.79 Å². The molecule has 1 aromatic rings. The van der Waals surface area contributed by atoms with Crippen LogP contribution in [0.3, 0.4) is 0 Å². The number of nitrogens with zero attached hydrogens (tertiary/aromatic N) is 1. The average Bonchev–Trinajstić information content (AvgIpc) is 2.92. The topological polar surface area (TPSA) is 61.8 Å². The number of carbonyl (C=O) groups excluding carboxylic acids is 1. The molecule has 0 saturated carbocycles. The fraction of sp³-hybridized carbons (Fsp3) is 0.611. The van der Waals surface area contributed by atoms with Crippen molar-refractivity contribution in [2.45, 2.75) is 51.9 Å². The number of amides is 1. The molecule has 23 heavy (non-hydrogen) atoms. The number of aliphatic hydroxyl groups excluding tert-OH is 1. The molecule has 128 valence electrons. The maximum Gasteiger partial charge on any atom is 0.410 e. The fourth-order valence-corrected chi connectivity index (χ4v) is 2.77. The Morgan fingerprint density at radius 3 is 2.78 bits per heavy atom. The van der Waals surface area contributed by atoms with E-state index in [9.17, 15) is 9.90 Å². The maximum atomic E-state index is 12.0.